The van der Waals surface area contributed by atoms with Crippen molar-refractivity contribution in [2.75, 3.05) is 32.7 Å². The number of hydrazine groups is 1. The first-order valence-electron chi connectivity index (χ1n) is 6.74. The van der Waals surface area contributed by atoms with Crippen LogP contribution in [0.15, 0.2) is 0 Å². The summed E-state index contributed by atoms with van der Waals surface area (Å²) in [6.45, 7) is 3.58. The van der Waals surface area contributed by atoms with Gasteiger partial charge in [0, 0.05) is 12.5 Å². The summed E-state index contributed by atoms with van der Waals surface area (Å²) in [5.41, 5.74) is 3.50. The summed E-state index contributed by atoms with van der Waals surface area (Å²) in [6.07, 6.45) is 3.29. The van der Waals surface area contributed by atoms with Crippen LogP contribution < -0.4 is 16.0 Å². The molecule has 106 valence electrons. The highest BCUT2D eigenvalue weighted by atomic mass is 16.5. The van der Waals surface area contributed by atoms with Crippen LogP contribution in [-0.4, -0.2) is 42.1 Å². The molecule has 1 aromatic rings. The monoisotopic (exact) mass is 265 g/mol. The lowest BCUT2D eigenvalue weighted by Crippen LogP contribution is -2.17. The second-order valence-corrected chi connectivity index (χ2v) is 5.28. The maximum atomic E-state index is 5.77. The zero-order chi connectivity index (χ0) is 13.8. The van der Waals surface area contributed by atoms with Gasteiger partial charge in [-0.25, -0.2) is 10.8 Å². The van der Waals surface area contributed by atoms with E-state index in [1.807, 2.05) is 6.92 Å². The van der Waals surface area contributed by atoms with Gasteiger partial charge in [-0.3, -0.25) is 0 Å². The molecule has 0 saturated heterocycles. The quantitative estimate of drug-likeness (QED) is 0.439. The van der Waals surface area contributed by atoms with Gasteiger partial charge in [-0.05, 0) is 40.3 Å². The fraction of sp³-hybridized carbons (Fsp3) is 0.692. The average molecular weight is 265 g/mol. The molecule has 1 aliphatic rings. The molecule has 1 fully saturated rings. The summed E-state index contributed by atoms with van der Waals surface area (Å²) in [6, 6.07) is 0. The number of nitrogens with one attached hydrogen (secondary N) is 1. The molecule has 0 unspecified atom stereocenters. The molecule has 3 N–H and O–H groups in total. The van der Waals surface area contributed by atoms with Crippen LogP contribution in [0.25, 0.3) is 0 Å². The van der Waals surface area contributed by atoms with Gasteiger partial charge in [0.25, 0.3) is 0 Å². The number of nitrogen functional groups attached to an aromatic ring is 1. The van der Waals surface area contributed by atoms with E-state index >= 15 is 0 Å². The molecule has 0 aromatic carbocycles. The van der Waals surface area contributed by atoms with Gasteiger partial charge in [0.2, 0.25) is 5.88 Å². The molecule has 1 aromatic heterocycles. The number of hydrogen-bond donors (Lipinski definition) is 2. The van der Waals surface area contributed by atoms with E-state index in [9.17, 15) is 0 Å². The van der Waals surface area contributed by atoms with Gasteiger partial charge in [-0.1, -0.05) is 0 Å². The molecule has 1 saturated carbocycles. The maximum Gasteiger partial charge on any atom is 0.221 e. The minimum absolute atomic E-state index is 0.483. The number of nitrogens with two attached hydrogens (primary N) is 1. The highest BCUT2D eigenvalue weighted by molar-refractivity contribution is 5.48. The maximum absolute atomic E-state index is 5.77. The fourth-order valence-electron chi connectivity index (χ4n) is 1.87. The minimum Gasteiger partial charge on any atom is -0.477 e. The van der Waals surface area contributed by atoms with Gasteiger partial charge in [0.1, 0.15) is 11.6 Å². The number of anilines is 1. The topological polar surface area (TPSA) is 76.3 Å². The number of ether oxygens (including phenoxy) is 1. The van der Waals surface area contributed by atoms with Crippen LogP contribution in [-0.2, 0) is 0 Å². The van der Waals surface area contributed by atoms with Crippen LogP contribution in [0.2, 0.25) is 0 Å². The lowest BCUT2D eigenvalue weighted by atomic mass is 10.3. The minimum atomic E-state index is 0.483. The second-order valence-electron chi connectivity index (χ2n) is 5.28. The molecule has 0 atom stereocenters. The van der Waals surface area contributed by atoms with Crippen molar-refractivity contribution in [3.05, 3.63) is 11.4 Å². The van der Waals surface area contributed by atoms with E-state index in [1.54, 1.807) is 0 Å². The first-order chi connectivity index (χ1) is 9.11. The third-order valence-corrected chi connectivity index (χ3v) is 3.19. The SMILES string of the molecule is Cc1c(NN)nc(C2CC2)nc1OCCCN(C)C. The molecule has 0 spiro atoms. The molecule has 2 rings (SSSR count). The van der Waals surface area contributed by atoms with Crippen LogP contribution >= 0.6 is 0 Å². The third kappa shape index (κ3) is 3.78. The lowest BCUT2D eigenvalue weighted by molar-refractivity contribution is 0.270. The molecule has 6 nitrogen and oxygen atoms in total. The van der Waals surface area contributed by atoms with E-state index in [1.165, 1.54) is 0 Å². The smallest absolute Gasteiger partial charge is 0.221 e. The molecule has 6 heteroatoms. The number of aromatic nitrogens is 2. The second kappa shape index (κ2) is 6.16. The first-order valence-corrected chi connectivity index (χ1v) is 6.74. The number of rotatable bonds is 7. The van der Waals surface area contributed by atoms with Crippen molar-refractivity contribution in [1.82, 2.24) is 14.9 Å². The highest BCUT2D eigenvalue weighted by Crippen LogP contribution is 2.39. The Labute approximate surface area is 114 Å². The van der Waals surface area contributed by atoms with Crippen LogP contribution in [0.1, 0.15) is 36.6 Å². The van der Waals surface area contributed by atoms with E-state index in [0.717, 1.165) is 37.2 Å². The average Bonchev–Trinajstić information content (AvgIpc) is 3.20. The molecule has 19 heavy (non-hydrogen) atoms. The Kier molecular flexibility index (Phi) is 4.55. The Balaban J connectivity index is 2.03. The van der Waals surface area contributed by atoms with Gasteiger partial charge in [-0.15, -0.1) is 0 Å². The van der Waals surface area contributed by atoms with Crippen LogP contribution in [0.3, 0.4) is 0 Å². The standard InChI is InChI=1S/C13H23N5O/c1-9-11(17-14)15-12(10-5-6-10)16-13(9)19-8-4-7-18(2)3/h10H,4-8,14H2,1-3H3,(H,15,16,17). The van der Waals surface area contributed by atoms with Crippen molar-refractivity contribution >= 4 is 5.82 Å². The van der Waals surface area contributed by atoms with Crippen LogP contribution in [0.5, 0.6) is 5.88 Å². The summed E-state index contributed by atoms with van der Waals surface area (Å²) in [4.78, 5) is 11.1. The summed E-state index contributed by atoms with van der Waals surface area (Å²) in [5, 5.41) is 0. The van der Waals surface area contributed by atoms with Crippen molar-refractivity contribution in [2.45, 2.75) is 32.1 Å². The molecule has 1 aliphatic carbocycles. The molecule has 0 bridgehead atoms. The normalized spacial score (nSPS) is 14.8. The Morgan fingerprint density at radius 1 is 1.37 bits per heavy atom. The Morgan fingerprint density at radius 3 is 2.68 bits per heavy atom. The first kappa shape index (κ1) is 14.0. The van der Waals surface area contributed by atoms with E-state index in [0.29, 0.717) is 24.2 Å². The van der Waals surface area contributed by atoms with E-state index in [2.05, 4.69) is 34.4 Å². The van der Waals surface area contributed by atoms with Crippen molar-refractivity contribution in [2.24, 2.45) is 5.84 Å². The largest absolute Gasteiger partial charge is 0.477 e. The predicted octanol–water partition coefficient (Wildman–Crippen LogP) is 1.28. The molecule has 0 amide bonds. The van der Waals surface area contributed by atoms with Crippen molar-refractivity contribution < 1.29 is 4.74 Å². The van der Waals surface area contributed by atoms with Crippen molar-refractivity contribution in [3.63, 3.8) is 0 Å². The van der Waals surface area contributed by atoms with Crippen molar-refractivity contribution in [1.29, 1.82) is 0 Å². The van der Waals surface area contributed by atoms with E-state index < -0.39 is 0 Å². The molecular formula is C13H23N5O. The summed E-state index contributed by atoms with van der Waals surface area (Å²) in [5.74, 6) is 8.15. The van der Waals surface area contributed by atoms with E-state index in [4.69, 9.17) is 10.6 Å². The van der Waals surface area contributed by atoms with E-state index in [-0.39, 0.29) is 0 Å². The van der Waals surface area contributed by atoms with Gasteiger partial charge in [0.15, 0.2) is 0 Å². The number of nitrogens with zero attached hydrogens (tertiary/aromatic N) is 3. The van der Waals surface area contributed by atoms with Gasteiger partial charge in [-0.2, -0.15) is 4.98 Å². The zero-order valence-corrected chi connectivity index (χ0v) is 11.9. The Hall–Kier alpha value is -1.40. The Bertz CT molecular complexity index is 431. The molecule has 1 heterocycles. The molecule has 0 aliphatic heterocycles. The van der Waals surface area contributed by atoms with Gasteiger partial charge in [0.05, 0.1) is 12.2 Å². The summed E-state index contributed by atoms with van der Waals surface area (Å²) in [7, 11) is 4.11. The fourth-order valence-corrected chi connectivity index (χ4v) is 1.87. The summed E-state index contributed by atoms with van der Waals surface area (Å²) >= 11 is 0. The highest BCUT2D eigenvalue weighted by Gasteiger charge is 2.28. The predicted molar refractivity (Wildman–Crippen MR) is 75.2 cm³/mol. The van der Waals surface area contributed by atoms with Crippen LogP contribution in [0, 0.1) is 6.92 Å². The Morgan fingerprint density at radius 2 is 2.11 bits per heavy atom. The van der Waals surface area contributed by atoms with Gasteiger partial charge >= 0.3 is 0 Å². The van der Waals surface area contributed by atoms with Crippen molar-refractivity contribution in [3.8, 4) is 5.88 Å². The lowest BCUT2D eigenvalue weighted by Gasteiger charge is -2.14. The molecular weight excluding hydrogens is 242 g/mol. The third-order valence-electron chi connectivity index (χ3n) is 3.19. The number of hydrogen-bond acceptors (Lipinski definition) is 6. The molecule has 0 radical (unpaired) electrons. The van der Waals surface area contributed by atoms with Crippen LogP contribution in [0.4, 0.5) is 5.82 Å². The summed E-state index contributed by atoms with van der Waals surface area (Å²) < 4.78 is 5.77. The van der Waals surface area contributed by atoms with Gasteiger partial charge < -0.3 is 15.1 Å². The zero-order valence-electron chi connectivity index (χ0n) is 11.9.